The lowest BCUT2D eigenvalue weighted by Crippen LogP contribution is -2.27. The molecular formula is C21H20N8O. The highest BCUT2D eigenvalue weighted by Crippen LogP contribution is 2.37. The molecule has 4 bridgehead atoms. The van der Waals surface area contributed by atoms with E-state index in [1.54, 1.807) is 29.9 Å². The van der Waals surface area contributed by atoms with Gasteiger partial charge in [0.2, 0.25) is 5.91 Å². The van der Waals surface area contributed by atoms with E-state index in [4.69, 9.17) is 6.57 Å². The van der Waals surface area contributed by atoms with Gasteiger partial charge in [-0.25, -0.2) is 9.67 Å². The third kappa shape index (κ3) is 2.69. The monoisotopic (exact) mass is 400 g/mol. The number of aromatic nitrogens is 6. The number of pyridine rings is 1. The van der Waals surface area contributed by atoms with Crippen LogP contribution in [0.1, 0.15) is 17.8 Å². The Hall–Kier alpha value is -3.93. The van der Waals surface area contributed by atoms with Gasteiger partial charge < -0.3 is 14.7 Å². The van der Waals surface area contributed by atoms with E-state index < -0.39 is 0 Å². The van der Waals surface area contributed by atoms with E-state index in [1.165, 1.54) is 0 Å². The van der Waals surface area contributed by atoms with Crippen molar-refractivity contribution in [2.75, 3.05) is 7.05 Å². The van der Waals surface area contributed by atoms with Crippen molar-refractivity contribution >= 4 is 22.8 Å². The van der Waals surface area contributed by atoms with Gasteiger partial charge in [0.15, 0.2) is 0 Å². The molecule has 30 heavy (non-hydrogen) atoms. The van der Waals surface area contributed by atoms with Crippen molar-refractivity contribution in [2.45, 2.75) is 26.4 Å². The number of nitrogens with one attached hydrogen (secondary N) is 1. The number of rotatable bonds is 0. The number of fused-ring (bicyclic) bond motifs is 6. The normalized spacial score (nSPS) is 14.1. The molecule has 0 aromatic carbocycles. The summed E-state index contributed by atoms with van der Waals surface area (Å²) in [7, 11) is 3.51. The van der Waals surface area contributed by atoms with Gasteiger partial charge >= 0.3 is 0 Å². The molecule has 9 heteroatoms. The van der Waals surface area contributed by atoms with Crippen LogP contribution in [0.2, 0.25) is 0 Å². The second kappa shape index (κ2) is 6.56. The number of nitrogens with zero attached hydrogens (tertiary/aromatic N) is 7. The van der Waals surface area contributed by atoms with Crippen molar-refractivity contribution in [3.63, 3.8) is 0 Å². The predicted molar refractivity (Wildman–Crippen MR) is 112 cm³/mol. The summed E-state index contributed by atoms with van der Waals surface area (Å²) in [6.07, 6.45) is 6.00. The molecule has 9 nitrogen and oxygen atoms in total. The topological polar surface area (TPSA) is 89.0 Å². The van der Waals surface area contributed by atoms with Crippen LogP contribution in [0.3, 0.4) is 0 Å². The minimum Gasteiger partial charge on any atom is -0.362 e. The molecule has 150 valence electrons. The molecule has 0 radical (unpaired) electrons. The van der Waals surface area contributed by atoms with Gasteiger partial charge in [-0.3, -0.25) is 9.48 Å². The Labute approximate surface area is 172 Å². The van der Waals surface area contributed by atoms with E-state index in [2.05, 4.69) is 25.0 Å². The van der Waals surface area contributed by atoms with Crippen molar-refractivity contribution in [2.24, 2.45) is 7.05 Å². The lowest BCUT2D eigenvalue weighted by atomic mass is 10.0. The summed E-state index contributed by atoms with van der Waals surface area (Å²) in [6.45, 7) is 10.4. The third-order valence-corrected chi connectivity index (χ3v) is 5.62. The summed E-state index contributed by atoms with van der Waals surface area (Å²) in [6, 6.07) is 2.04. The van der Waals surface area contributed by atoms with Crippen LogP contribution >= 0.6 is 0 Å². The largest absolute Gasteiger partial charge is 0.362 e. The molecule has 0 unspecified atom stereocenters. The second-order valence-corrected chi connectivity index (χ2v) is 7.59. The van der Waals surface area contributed by atoms with Crippen LogP contribution in [-0.4, -0.2) is 47.4 Å². The average molecular weight is 400 g/mol. The van der Waals surface area contributed by atoms with E-state index >= 15 is 0 Å². The standard InChI is InChI=1S/C21H20N8O/c1-12-16-10-29(25-12)6-5-18(30)27(3)11-17-19(21(22-2)28(4)26-17)13-7-14-15(16)9-24-20(14)23-8-13/h7-10H,5-6,11H2,1,3-4H3,(H,23,24). The van der Waals surface area contributed by atoms with Crippen LogP contribution in [0.4, 0.5) is 5.82 Å². The van der Waals surface area contributed by atoms with E-state index in [1.807, 2.05) is 30.1 Å². The third-order valence-electron chi connectivity index (χ3n) is 5.62. The van der Waals surface area contributed by atoms with Crippen molar-refractivity contribution in [3.8, 4) is 22.3 Å². The summed E-state index contributed by atoms with van der Waals surface area (Å²) in [5.74, 6) is 0.429. The summed E-state index contributed by atoms with van der Waals surface area (Å²) < 4.78 is 3.39. The van der Waals surface area contributed by atoms with Crippen molar-refractivity contribution in [1.29, 1.82) is 0 Å². The van der Waals surface area contributed by atoms with Crippen LogP contribution in [0.15, 0.2) is 24.7 Å². The zero-order chi connectivity index (χ0) is 21.0. The maximum Gasteiger partial charge on any atom is 0.260 e. The van der Waals surface area contributed by atoms with Crippen molar-refractivity contribution in [3.05, 3.63) is 47.5 Å². The summed E-state index contributed by atoms with van der Waals surface area (Å²) in [5.41, 5.74) is 5.87. The first-order chi connectivity index (χ1) is 14.5. The molecule has 0 fully saturated rings. The minimum absolute atomic E-state index is 0.00126. The number of carbonyl (C=O) groups excluding carboxylic acids is 1. The molecule has 5 rings (SSSR count). The van der Waals surface area contributed by atoms with Gasteiger partial charge in [-0.05, 0) is 18.6 Å². The fraction of sp³-hybridized carbons (Fsp3) is 0.286. The Bertz CT molecular complexity index is 1350. The smallest absolute Gasteiger partial charge is 0.260 e. The molecule has 1 N–H and O–H groups in total. The Morgan fingerprint density at radius 1 is 1.23 bits per heavy atom. The number of aryl methyl sites for hydroxylation is 3. The van der Waals surface area contributed by atoms with Crippen LogP contribution in [0.5, 0.6) is 0 Å². The number of amides is 1. The highest BCUT2D eigenvalue weighted by Gasteiger charge is 2.23. The van der Waals surface area contributed by atoms with Crippen LogP contribution in [0.25, 0.3) is 38.1 Å². The van der Waals surface area contributed by atoms with Gasteiger partial charge in [-0.15, -0.1) is 5.10 Å². The SMILES string of the molecule is [C-]#[N+]c1c2c(nn1C)CN(C)C(=O)CCn1cc(c(C)n1)-c1c[nH]c3ncc-2cc13. The number of H-pyrrole nitrogens is 1. The van der Waals surface area contributed by atoms with E-state index in [0.29, 0.717) is 31.0 Å². The molecule has 0 atom stereocenters. The first kappa shape index (κ1) is 18.1. The van der Waals surface area contributed by atoms with Gasteiger partial charge in [-0.2, -0.15) is 5.10 Å². The Balaban J connectivity index is 1.81. The van der Waals surface area contributed by atoms with E-state index in [-0.39, 0.29) is 5.91 Å². The first-order valence-electron chi connectivity index (χ1n) is 9.65. The average Bonchev–Trinajstić information content (AvgIpc) is 3.39. The molecule has 5 heterocycles. The number of carbonyl (C=O) groups is 1. The van der Waals surface area contributed by atoms with E-state index in [9.17, 15) is 4.79 Å². The van der Waals surface area contributed by atoms with Gasteiger partial charge in [-0.1, -0.05) is 6.57 Å². The summed E-state index contributed by atoms with van der Waals surface area (Å²) in [4.78, 5) is 25.9. The number of hydrogen-bond acceptors (Lipinski definition) is 4. The molecule has 0 saturated carbocycles. The Kier molecular flexibility index (Phi) is 3.96. The molecule has 0 saturated heterocycles. The summed E-state index contributed by atoms with van der Waals surface area (Å²) >= 11 is 0. The highest BCUT2D eigenvalue weighted by atomic mass is 16.2. The summed E-state index contributed by atoms with van der Waals surface area (Å²) in [5, 5.41) is 10.1. The van der Waals surface area contributed by atoms with Crippen molar-refractivity contribution in [1.82, 2.24) is 34.4 Å². The molecule has 0 aliphatic carbocycles. The van der Waals surface area contributed by atoms with Crippen LogP contribution in [0, 0.1) is 13.5 Å². The van der Waals surface area contributed by atoms with Gasteiger partial charge in [0.05, 0.1) is 19.3 Å². The first-order valence-corrected chi connectivity index (χ1v) is 9.65. The predicted octanol–water partition coefficient (Wildman–Crippen LogP) is 3.05. The fourth-order valence-electron chi connectivity index (χ4n) is 4.08. The zero-order valence-corrected chi connectivity index (χ0v) is 17.0. The Morgan fingerprint density at radius 2 is 2.07 bits per heavy atom. The lowest BCUT2D eigenvalue weighted by molar-refractivity contribution is -0.130. The quantitative estimate of drug-likeness (QED) is 0.460. The Morgan fingerprint density at radius 3 is 2.87 bits per heavy atom. The number of hydrogen-bond donors (Lipinski definition) is 1. The molecule has 0 spiro atoms. The number of aromatic amines is 1. The molecular weight excluding hydrogens is 380 g/mol. The van der Waals surface area contributed by atoms with Crippen LogP contribution < -0.4 is 0 Å². The van der Waals surface area contributed by atoms with Gasteiger partial charge in [0.1, 0.15) is 11.3 Å². The van der Waals surface area contributed by atoms with Gasteiger partial charge in [0.25, 0.3) is 5.82 Å². The maximum absolute atomic E-state index is 12.7. The molecule has 4 aromatic rings. The molecule has 1 amide bonds. The van der Waals surface area contributed by atoms with Crippen molar-refractivity contribution < 1.29 is 4.79 Å². The van der Waals surface area contributed by atoms with E-state index in [0.717, 1.165) is 39.0 Å². The molecule has 4 aromatic heterocycles. The molecule has 1 aliphatic rings. The highest BCUT2D eigenvalue weighted by molar-refractivity contribution is 5.97. The van der Waals surface area contributed by atoms with Gasteiger partial charge in [0, 0.05) is 60.7 Å². The fourth-order valence-corrected chi connectivity index (χ4v) is 4.08. The zero-order valence-electron chi connectivity index (χ0n) is 17.0. The molecule has 1 aliphatic heterocycles. The maximum atomic E-state index is 12.7. The van der Waals surface area contributed by atoms with Crippen LogP contribution in [-0.2, 0) is 24.9 Å². The lowest BCUT2D eigenvalue weighted by Gasteiger charge is -2.17. The minimum atomic E-state index is -0.00126. The second-order valence-electron chi connectivity index (χ2n) is 7.59.